The third-order valence-corrected chi connectivity index (χ3v) is 5.91. The van der Waals surface area contributed by atoms with Crippen LogP contribution in [0.1, 0.15) is 90.0 Å². The van der Waals surface area contributed by atoms with Crippen LogP contribution in [-0.2, 0) is 4.74 Å². The Morgan fingerprint density at radius 1 is 0.769 bits per heavy atom. The van der Waals surface area contributed by atoms with E-state index >= 15 is 0 Å². The van der Waals surface area contributed by atoms with Crippen molar-refractivity contribution in [1.82, 2.24) is 9.34 Å². The van der Waals surface area contributed by atoms with Crippen molar-refractivity contribution in [3.05, 3.63) is 5.92 Å². The molecule has 0 aliphatic carbocycles. The van der Waals surface area contributed by atoms with Crippen LogP contribution in [0, 0.1) is 42.4 Å². The summed E-state index contributed by atoms with van der Waals surface area (Å²) in [5.74, 6) is 1.34. The molecule has 0 rings (SSSR count). The molecule has 0 radical (unpaired) electrons. The molecule has 3 nitrogen and oxygen atoms in total. The zero-order valence-corrected chi connectivity index (χ0v) is 25.2. The van der Waals surface area contributed by atoms with Crippen molar-refractivity contribution in [2.45, 2.75) is 114 Å². The summed E-state index contributed by atoms with van der Waals surface area (Å²) in [5.41, 5.74) is 0.301. The van der Waals surface area contributed by atoms with Gasteiger partial charge in [-0.05, 0) is 60.8 Å². The maximum Gasteiger partial charge on any atom is 0.0479 e. The molecule has 0 amide bonds. The summed E-state index contributed by atoms with van der Waals surface area (Å²) < 4.78 is 10.6. The van der Waals surface area contributed by atoms with Crippen LogP contribution < -0.4 is 0 Å². The molecule has 0 fully saturated rings. The van der Waals surface area contributed by atoms with Crippen LogP contribution in [0.2, 0.25) is 0 Å². The summed E-state index contributed by atoms with van der Waals surface area (Å²) in [6, 6.07) is 2.51. The second-order valence-corrected chi connectivity index (χ2v) is 10.8. The molecule has 0 heterocycles. The fraction of sp³-hybridized carbons (Fsp3) is 0.952. The third-order valence-electron chi connectivity index (χ3n) is 3.38. The van der Waals surface area contributed by atoms with E-state index in [1.165, 1.54) is 5.92 Å². The van der Waals surface area contributed by atoms with Crippen molar-refractivity contribution >= 4 is 8.88 Å². The van der Waals surface area contributed by atoms with Crippen molar-refractivity contribution in [3.63, 3.8) is 0 Å². The molecule has 26 heavy (non-hydrogen) atoms. The molecule has 0 aromatic carbocycles. The SMILES string of the molecule is CC(C)N(PN(C(C)C)C(C)C)C(C)C.C[C-](C)COCC(C)(C)C.[U]. The topological polar surface area (TPSA) is 15.7 Å². The predicted octanol–water partition coefficient (Wildman–Crippen LogP) is 6.40. The first-order chi connectivity index (χ1) is 11.2. The first-order valence-electron chi connectivity index (χ1n) is 9.88. The summed E-state index contributed by atoms with van der Waals surface area (Å²) in [4.78, 5) is 0. The second-order valence-electron chi connectivity index (χ2n) is 9.55. The zero-order chi connectivity index (χ0) is 20.4. The van der Waals surface area contributed by atoms with E-state index in [-0.39, 0.29) is 31.1 Å². The van der Waals surface area contributed by atoms with Gasteiger partial charge in [0.2, 0.25) is 0 Å². The number of nitrogens with zero attached hydrogens (tertiary/aromatic N) is 2. The van der Waals surface area contributed by atoms with Gasteiger partial charge in [0.1, 0.15) is 0 Å². The van der Waals surface area contributed by atoms with Gasteiger partial charge in [-0.15, -0.1) is 0 Å². The molecule has 0 saturated heterocycles. The Morgan fingerprint density at radius 3 is 1.27 bits per heavy atom. The average molecular weight is 614 g/mol. The van der Waals surface area contributed by atoms with Crippen LogP contribution in [0.25, 0.3) is 0 Å². The molecule has 0 unspecified atom stereocenters. The fourth-order valence-corrected chi connectivity index (χ4v) is 3.54. The van der Waals surface area contributed by atoms with Gasteiger partial charge in [-0.1, -0.05) is 27.4 Å². The summed E-state index contributed by atoms with van der Waals surface area (Å²) in [7, 11) is 0.802. The first kappa shape index (κ1) is 32.0. The molecular weight excluding hydrogens is 565 g/mol. The van der Waals surface area contributed by atoms with Crippen molar-refractivity contribution in [3.8, 4) is 0 Å². The van der Waals surface area contributed by atoms with Crippen molar-refractivity contribution in [2.24, 2.45) is 5.41 Å². The summed E-state index contributed by atoms with van der Waals surface area (Å²) in [5, 5.41) is 0. The Bertz CT molecular complexity index is 282. The standard InChI is InChI=1S/C12H29N2P.C9H19O.U/c1-9(2)13(10(3)4)15-14(11(5)6)12(7)8;1-8(2)6-10-7-9(3,4)5;/h9-12,15H,1-8H3;6-7H2,1-5H3;/q;-1;. The quantitative estimate of drug-likeness (QED) is 0.221. The summed E-state index contributed by atoms with van der Waals surface area (Å²) in [6.45, 7) is 30.6. The number of ether oxygens (including phenoxy) is 1. The van der Waals surface area contributed by atoms with Crippen molar-refractivity contribution in [1.29, 1.82) is 0 Å². The van der Waals surface area contributed by atoms with Crippen LogP contribution in [0.3, 0.4) is 0 Å². The van der Waals surface area contributed by atoms with Crippen LogP contribution in [-0.4, -0.2) is 46.7 Å². The van der Waals surface area contributed by atoms with E-state index < -0.39 is 0 Å². The van der Waals surface area contributed by atoms with E-state index in [1.54, 1.807) is 0 Å². The monoisotopic (exact) mass is 613 g/mol. The van der Waals surface area contributed by atoms with E-state index in [9.17, 15) is 0 Å². The van der Waals surface area contributed by atoms with Gasteiger partial charge in [0.05, 0.1) is 0 Å². The largest absolute Gasteiger partial charge is 0.412 e. The molecule has 0 aromatic rings. The molecule has 0 aromatic heterocycles. The smallest absolute Gasteiger partial charge is 0.0479 e. The molecule has 0 saturated carbocycles. The van der Waals surface area contributed by atoms with Gasteiger partial charge in [-0.25, -0.2) is 0 Å². The van der Waals surface area contributed by atoms with Gasteiger partial charge in [0.15, 0.2) is 0 Å². The molecule has 0 spiro atoms. The van der Waals surface area contributed by atoms with Gasteiger partial charge >= 0.3 is 0 Å². The van der Waals surface area contributed by atoms with Crippen LogP contribution in [0.4, 0.5) is 0 Å². The zero-order valence-electron chi connectivity index (χ0n) is 20.0. The molecule has 0 bridgehead atoms. The molecule has 0 N–H and O–H groups in total. The van der Waals surface area contributed by atoms with E-state index in [2.05, 4.69) is 99.3 Å². The molecule has 0 atom stereocenters. The molecule has 0 aliphatic rings. The molecule has 158 valence electrons. The summed E-state index contributed by atoms with van der Waals surface area (Å²) in [6.07, 6.45) is 0. The van der Waals surface area contributed by atoms with Gasteiger partial charge in [-0.3, -0.25) is 15.3 Å². The Kier molecular flexibility index (Phi) is 20.0. The molecule has 0 aliphatic heterocycles. The number of hydrogen-bond donors (Lipinski definition) is 0. The Labute approximate surface area is 192 Å². The van der Waals surface area contributed by atoms with Gasteiger partial charge < -0.3 is 4.74 Å². The minimum atomic E-state index is 0. The minimum Gasteiger partial charge on any atom is -0.412 e. The Morgan fingerprint density at radius 2 is 1.08 bits per heavy atom. The van der Waals surface area contributed by atoms with Crippen molar-refractivity contribution < 1.29 is 35.9 Å². The number of hydrogen-bond acceptors (Lipinski definition) is 3. The van der Waals surface area contributed by atoms with Crippen molar-refractivity contribution in [2.75, 3.05) is 13.2 Å². The van der Waals surface area contributed by atoms with Gasteiger partial charge in [0, 0.05) is 70.8 Å². The van der Waals surface area contributed by atoms with E-state index in [0.29, 0.717) is 29.6 Å². The maximum atomic E-state index is 5.42. The maximum absolute atomic E-state index is 5.42. The van der Waals surface area contributed by atoms with E-state index in [0.717, 1.165) is 22.1 Å². The average Bonchev–Trinajstić information content (AvgIpc) is 2.35. The molecule has 5 heteroatoms. The van der Waals surface area contributed by atoms with Crippen LogP contribution >= 0.6 is 8.88 Å². The van der Waals surface area contributed by atoms with Crippen LogP contribution in [0.15, 0.2) is 0 Å². The Hall–Kier alpha value is 1.36. The predicted molar refractivity (Wildman–Crippen MR) is 117 cm³/mol. The number of rotatable bonds is 9. The second kappa shape index (κ2) is 16.2. The fourth-order valence-electron chi connectivity index (χ4n) is 2.35. The third kappa shape index (κ3) is 18.7. The first-order valence-corrected chi connectivity index (χ1v) is 10.8. The summed E-state index contributed by atoms with van der Waals surface area (Å²) >= 11 is 0. The minimum absolute atomic E-state index is 0. The normalized spacial score (nSPS) is 12.5. The molecular formula is C21H48N2OPU-. The van der Waals surface area contributed by atoms with E-state index in [1.807, 2.05) is 0 Å². The Balaban J connectivity index is -0.000000422. The van der Waals surface area contributed by atoms with Gasteiger partial charge in [-0.2, -0.15) is 13.8 Å². The van der Waals surface area contributed by atoms with E-state index in [4.69, 9.17) is 4.74 Å². The van der Waals surface area contributed by atoms with Gasteiger partial charge in [0.25, 0.3) is 0 Å². The van der Waals surface area contributed by atoms with Crippen LogP contribution in [0.5, 0.6) is 0 Å².